The number of carbonyl (C=O) groups excluding carboxylic acids is 1. The van der Waals surface area contributed by atoms with Gasteiger partial charge in [0, 0.05) is 12.6 Å². The first-order valence-electron chi connectivity index (χ1n) is 8.80. The second-order valence-corrected chi connectivity index (χ2v) is 6.43. The van der Waals surface area contributed by atoms with E-state index in [2.05, 4.69) is 5.16 Å². The summed E-state index contributed by atoms with van der Waals surface area (Å²) in [5, 5.41) is 3.77. The lowest BCUT2D eigenvalue weighted by Crippen LogP contribution is -2.45. The Hall–Kier alpha value is -2.68. The number of piperidine rings is 1. The molecule has 0 amide bonds. The van der Waals surface area contributed by atoms with Gasteiger partial charge in [-0.1, -0.05) is 11.6 Å². The van der Waals surface area contributed by atoms with E-state index in [1.165, 1.54) is 10.8 Å². The number of anilines is 1. The number of ketones is 1. The Bertz CT molecular complexity index is 891. The summed E-state index contributed by atoms with van der Waals surface area (Å²) in [4.78, 5) is 40.1. The molecule has 2 aromatic rings. The molecule has 140 valence electrons. The lowest BCUT2D eigenvalue weighted by molar-refractivity contribution is 0.0913. The van der Waals surface area contributed by atoms with E-state index in [4.69, 9.17) is 10.3 Å². The van der Waals surface area contributed by atoms with Crippen molar-refractivity contribution in [2.24, 2.45) is 0 Å². The molecule has 0 bridgehead atoms. The Labute approximate surface area is 150 Å². The van der Waals surface area contributed by atoms with Crippen molar-refractivity contribution in [3.05, 3.63) is 44.4 Å². The second-order valence-electron chi connectivity index (χ2n) is 6.43. The number of carbonyl (C=O) groups is 1. The summed E-state index contributed by atoms with van der Waals surface area (Å²) in [5.41, 5.74) is 5.25. The van der Waals surface area contributed by atoms with Crippen LogP contribution in [0.5, 0.6) is 0 Å². The minimum absolute atomic E-state index is 0.0332. The van der Waals surface area contributed by atoms with Gasteiger partial charge in [-0.25, -0.2) is 4.79 Å². The molecule has 0 unspecified atom stereocenters. The van der Waals surface area contributed by atoms with Crippen molar-refractivity contribution in [1.82, 2.24) is 19.2 Å². The van der Waals surface area contributed by atoms with Crippen LogP contribution in [0.4, 0.5) is 5.82 Å². The molecule has 26 heavy (non-hydrogen) atoms. The summed E-state index contributed by atoms with van der Waals surface area (Å²) in [5.74, 6) is -0.472. The highest BCUT2D eigenvalue weighted by atomic mass is 16.5. The van der Waals surface area contributed by atoms with E-state index in [1.807, 2.05) is 4.90 Å². The van der Waals surface area contributed by atoms with Crippen molar-refractivity contribution in [2.75, 3.05) is 25.4 Å². The van der Waals surface area contributed by atoms with Crippen LogP contribution in [0.1, 0.15) is 42.2 Å². The molecular formula is C17H23N5O4. The quantitative estimate of drug-likeness (QED) is 0.736. The molecule has 1 fully saturated rings. The predicted octanol–water partition coefficient (Wildman–Crippen LogP) is 0.317. The van der Waals surface area contributed by atoms with Gasteiger partial charge < -0.3 is 10.3 Å². The minimum atomic E-state index is -0.631. The van der Waals surface area contributed by atoms with Gasteiger partial charge in [0.1, 0.15) is 23.3 Å². The zero-order valence-electron chi connectivity index (χ0n) is 14.8. The first-order chi connectivity index (χ1) is 12.5. The Kier molecular flexibility index (Phi) is 5.36. The summed E-state index contributed by atoms with van der Waals surface area (Å²) in [6, 6.07) is 1.60. The van der Waals surface area contributed by atoms with Crippen LogP contribution in [0.25, 0.3) is 0 Å². The standard InChI is InChI=1S/C17H23N5O4/c1-2-21-16(24)14(13(23)11-20-7-4-3-5-8-20)15(18)22(17(21)25)10-12-6-9-26-19-12/h6,9H,2-5,7-8,10-11,18H2,1H3. The zero-order valence-corrected chi connectivity index (χ0v) is 14.8. The molecule has 3 heterocycles. The molecule has 9 nitrogen and oxygen atoms in total. The number of Topliss-reactive ketones (excluding diaryl/α,β-unsaturated/α-hetero) is 1. The molecule has 2 aromatic heterocycles. The third-order valence-corrected chi connectivity index (χ3v) is 4.69. The van der Waals surface area contributed by atoms with Gasteiger partial charge >= 0.3 is 5.69 Å². The molecule has 1 aliphatic heterocycles. The monoisotopic (exact) mass is 361 g/mol. The van der Waals surface area contributed by atoms with E-state index < -0.39 is 11.2 Å². The third-order valence-electron chi connectivity index (χ3n) is 4.69. The molecule has 0 atom stereocenters. The molecule has 0 aromatic carbocycles. The number of hydrogen-bond donors (Lipinski definition) is 1. The van der Waals surface area contributed by atoms with Crippen molar-refractivity contribution in [1.29, 1.82) is 0 Å². The lowest BCUT2D eigenvalue weighted by Gasteiger charge is -2.25. The first kappa shape index (κ1) is 18.1. The SMILES string of the molecule is CCn1c(=O)c(C(=O)CN2CCCCC2)c(N)n(Cc2ccon2)c1=O. The van der Waals surface area contributed by atoms with Crippen LogP contribution < -0.4 is 17.0 Å². The third kappa shape index (κ3) is 3.48. The molecule has 2 N–H and O–H groups in total. The largest absolute Gasteiger partial charge is 0.384 e. The van der Waals surface area contributed by atoms with Crippen molar-refractivity contribution in [3.8, 4) is 0 Å². The number of rotatable bonds is 6. The minimum Gasteiger partial charge on any atom is -0.384 e. The van der Waals surface area contributed by atoms with E-state index in [0.29, 0.717) is 5.69 Å². The Balaban J connectivity index is 2.01. The molecule has 0 aliphatic carbocycles. The van der Waals surface area contributed by atoms with Gasteiger partial charge in [0.15, 0.2) is 5.78 Å². The molecule has 3 rings (SSSR count). The fraction of sp³-hybridized carbons (Fsp3) is 0.529. The number of nitrogens with zero attached hydrogens (tertiary/aromatic N) is 4. The van der Waals surface area contributed by atoms with Gasteiger partial charge in [-0.05, 0) is 32.9 Å². The number of nitrogen functional groups attached to an aromatic ring is 1. The van der Waals surface area contributed by atoms with E-state index in [-0.39, 0.29) is 36.8 Å². The molecule has 1 aliphatic rings. The first-order valence-corrected chi connectivity index (χ1v) is 8.80. The van der Waals surface area contributed by atoms with Crippen LogP contribution in [0.3, 0.4) is 0 Å². The summed E-state index contributed by atoms with van der Waals surface area (Å²) in [7, 11) is 0. The molecular weight excluding hydrogens is 338 g/mol. The highest BCUT2D eigenvalue weighted by molar-refractivity contribution is 6.01. The summed E-state index contributed by atoms with van der Waals surface area (Å²) in [6.45, 7) is 3.65. The summed E-state index contributed by atoms with van der Waals surface area (Å²) >= 11 is 0. The van der Waals surface area contributed by atoms with Crippen LogP contribution in [-0.4, -0.2) is 44.6 Å². The average Bonchev–Trinajstić information content (AvgIpc) is 3.13. The molecule has 9 heteroatoms. The van der Waals surface area contributed by atoms with Crippen LogP contribution in [-0.2, 0) is 13.1 Å². The summed E-state index contributed by atoms with van der Waals surface area (Å²) in [6.07, 6.45) is 4.61. The topological polar surface area (TPSA) is 116 Å². The Morgan fingerprint density at radius 3 is 2.58 bits per heavy atom. The van der Waals surface area contributed by atoms with Gasteiger partial charge in [0.25, 0.3) is 5.56 Å². The van der Waals surface area contributed by atoms with Gasteiger partial charge in [0.05, 0.1) is 13.1 Å². The Morgan fingerprint density at radius 1 is 1.23 bits per heavy atom. The van der Waals surface area contributed by atoms with Gasteiger partial charge in [-0.3, -0.25) is 23.6 Å². The fourth-order valence-electron chi connectivity index (χ4n) is 3.29. The molecule has 1 saturated heterocycles. The van der Waals surface area contributed by atoms with Crippen LogP contribution in [0.2, 0.25) is 0 Å². The van der Waals surface area contributed by atoms with Crippen LogP contribution in [0, 0.1) is 0 Å². The molecule has 0 radical (unpaired) electrons. The maximum absolute atomic E-state index is 12.8. The Morgan fingerprint density at radius 2 is 1.96 bits per heavy atom. The smallest absolute Gasteiger partial charge is 0.332 e. The van der Waals surface area contributed by atoms with Crippen molar-refractivity contribution >= 4 is 11.6 Å². The highest BCUT2D eigenvalue weighted by Crippen LogP contribution is 2.12. The van der Waals surface area contributed by atoms with Crippen molar-refractivity contribution in [2.45, 2.75) is 39.3 Å². The number of likely N-dealkylation sites (tertiary alicyclic amines) is 1. The molecule has 0 spiro atoms. The second kappa shape index (κ2) is 7.69. The van der Waals surface area contributed by atoms with Gasteiger partial charge in [0.2, 0.25) is 0 Å². The number of hydrogen-bond acceptors (Lipinski definition) is 7. The normalized spacial score (nSPS) is 15.3. The lowest BCUT2D eigenvalue weighted by atomic mass is 10.1. The average molecular weight is 361 g/mol. The maximum Gasteiger partial charge on any atom is 0.332 e. The number of nitrogens with two attached hydrogens (primary N) is 1. The van der Waals surface area contributed by atoms with Crippen LogP contribution >= 0.6 is 0 Å². The molecule has 0 saturated carbocycles. The van der Waals surface area contributed by atoms with Crippen molar-refractivity contribution in [3.63, 3.8) is 0 Å². The predicted molar refractivity (Wildman–Crippen MR) is 95.3 cm³/mol. The highest BCUT2D eigenvalue weighted by Gasteiger charge is 2.24. The van der Waals surface area contributed by atoms with Gasteiger partial charge in [-0.2, -0.15) is 0 Å². The maximum atomic E-state index is 12.8. The van der Waals surface area contributed by atoms with E-state index in [0.717, 1.165) is 36.9 Å². The van der Waals surface area contributed by atoms with E-state index >= 15 is 0 Å². The summed E-state index contributed by atoms with van der Waals surface area (Å²) < 4.78 is 7.00. The van der Waals surface area contributed by atoms with E-state index in [1.54, 1.807) is 13.0 Å². The number of aromatic nitrogens is 3. The van der Waals surface area contributed by atoms with Crippen LogP contribution in [0.15, 0.2) is 26.4 Å². The van der Waals surface area contributed by atoms with E-state index in [9.17, 15) is 14.4 Å². The van der Waals surface area contributed by atoms with Crippen molar-refractivity contribution < 1.29 is 9.32 Å². The zero-order chi connectivity index (χ0) is 18.7. The fourth-order valence-corrected chi connectivity index (χ4v) is 3.29. The van der Waals surface area contributed by atoms with Gasteiger partial charge in [-0.15, -0.1) is 0 Å².